The van der Waals surface area contributed by atoms with Gasteiger partial charge in [-0.1, -0.05) is 0 Å². The van der Waals surface area contributed by atoms with Gasteiger partial charge < -0.3 is 14.9 Å². The lowest BCUT2D eigenvalue weighted by molar-refractivity contribution is 0.0173. The second kappa shape index (κ2) is 7.26. The molecule has 0 saturated carbocycles. The third kappa shape index (κ3) is 5.66. The molecule has 0 spiro atoms. The van der Waals surface area contributed by atoms with Crippen molar-refractivity contribution in [2.45, 2.75) is 45.0 Å². The number of aliphatic hydroxyl groups excluding tert-OH is 2. The summed E-state index contributed by atoms with van der Waals surface area (Å²) in [4.78, 5) is 11.6. The molecule has 114 valence electrons. The molecule has 2 atom stereocenters. The maximum atomic E-state index is 11.6. The summed E-state index contributed by atoms with van der Waals surface area (Å²) in [5.74, 6) is 0.269. The van der Waals surface area contributed by atoms with Crippen molar-refractivity contribution in [3.8, 4) is 0 Å². The summed E-state index contributed by atoms with van der Waals surface area (Å²) in [5.41, 5.74) is -0.0288. The van der Waals surface area contributed by atoms with E-state index >= 15 is 0 Å². The topological polar surface area (TPSA) is 78.8 Å². The van der Waals surface area contributed by atoms with Gasteiger partial charge >= 0.3 is 6.09 Å². The molecule has 0 aliphatic rings. The number of thiophene rings is 1. The summed E-state index contributed by atoms with van der Waals surface area (Å²) >= 11 is 6.77. The highest BCUT2D eigenvalue weighted by atomic mass is 35.5. The van der Waals surface area contributed by atoms with Crippen LogP contribution >= 0.6 is 22.9 Å². The zero-order chi connectivity index (χ0) is 15.3. The summed E-state index contributed by atoms with van der Waals surface area (Å²) in [5, 5.41) is 24.4. The molecule has 1 aromatic rings. The first-order chi connectivity index (χ1) is 9.23. The quantitative estimate of drug-likeness (QED) is 0.728. The van der Waals surface area contributed by atoms with Gasteiger partial charge in [0.05, 0.1) is 11.1 Å². The summed E-state index contributed by atoms with van der Waals surface area (Å²) in [6.45, 7) is 5.33. The number of nitrogens with one attached hydrogen (secondary N) is 1. The molecule has 3 N–H and O–H groups in total. The molecule has 2 unspecified atom stereocenters. The van der Waals surface area contributed by atoms with E-state index < -0.39 is 23.9 Å². The average molecular weight is 322 g/mol. The van der Waals surface area contributed by atoms with Gasteiger partial charge in [-0.05, 0) is 44.2 Å². The third-order valence-electron chi connectivity index (χ3n) is 2.35. The molecule has 1 heterocycles. The lowest BCUT2D eigenvalue weighted by Gasteiger charge is -2.19. The average Bonchev–Trinajstić information content (AvgIpc) is 2.74. The predicted molar refractivity (Wildman–Crippen MR) is 80.5 cm³/mol. The van der Waals surface area contributed by atoms with Gasteiger partial charge in [-0.25, -0.2) is 4.79 Å². The first-order valence-corrected chi connectivity index (χ1v) is 7.65. The summed E-state index contributed by atoms with van der Waals surface area (Å²) < 4.78 is 5.12. The normalized spacial score (nSPS) is 14.7. The van der Waals surface area contributed by atoms with E-state index in [9.17, 15) is 15.0 Å². The Hall–Kier alpha value is -0.820. The molecule has 1 rings (SSSR count). The summed E-state index contributed by atoms with van der Waals surface area (Å²) in [7, 11) is 0. The van der Waals surface area contributed by atoms with E-state index in [-0.39, 0.29) is 5.88 Å². The molecule has 0 radical (unpaired) electrons. The van der Waals surface area contributed by atoms with Crippen molar-refractivity contribution in [3.05, 3.63) is 17.0 Å². The molecular weight excluding hydrogens is 302 g/mol. The Bertz CT molecular complexity index is 444. The number of aliphatic hydroxyl groups is 2. The van der Waals surface area contributed by atoms with Crippen LogP contribution in [0.15, 0.2) is 11.4 Å². The standard InChI is InChI=1S/C13H20ClNO4S/c1-13(2,3)19-12(18)15-10-6-8(7-20-10)11(17)9(16)4-5-14/h6-7,9,11,16-17H,4-5H2,1-3H3,(H,15,18). The molecule has 20 heavy (non-hydrogen) atoms. The zero-order valence-corrected chi connectivity index (χ0v) is 13.3. The van der Waals surface area contributed by atoms with Crippen LogP contribution in [0.1, 0.15) is 38.9 Å². The van der Waals surface area contributed by atoms with Gasteiger partial charge in [-0.2, -0.15) is 0 Å². The Balaban J connectivity index is 2.61. The van der Waals surface area contributed by atoms with E-state index in [4.69, 9.17) is 16.3 Å². The van der Waals surface area contributed by atoms with Gasteiger partial charge in [0.2, 0.25) is 0 Å². The van der Waals surface area contributed by atoms with Crippen molar-refractivity contribution in [2.24, 2.45) is 0 Å². The van der Waals surface area contributed by atoms with Crippen molar-refractivity contribution in [1.82, 2.24) is 0 Å². The number of hydrogen-bond acceptors (Lipinski definition) is 5. The molecule has 5 nitrogen and oxygen atoms in total. The molecule has 1 aromatic heterocycles. The first kappa shape index (κ1) is 17.2. The summed E-state index contributed by atoms with van der Waals surface area (Å²) in [6, 6.07) is 1.61. The molecule has 0 aromatic carbocycles. The van der Waals surface area contributed by atoms with Gasteiger partial charge in [0.25, 0.3) is 0 Å². The monoisotopic (exact) mass is 321 g/mol. The van der Waals surface area contributed by atoms with E-state index in [0.717, 1.165) is 0 Å². The van der Waals surface area contributed by atoms with Crippen LogP contribution in [0.3, 0.4) is 0 Å². The highest BCUT2D eigenvalue weighted by molar-refractivity contribution is 7.14. The molecule has 0 aliphatic carbocycles. The van der Waals surface area contributed by atoms with Crippen molar-refractivity contribution in [3.63, 3.8) is 0 Å². The second-order valence-electron chi connectivity index (χ2n) is 5.36. The molecule has 0 fully saturated rings. The van der Waals surface area contributed by atoms with Crippen LogP contribution in [0, 0.1) is 0 Å². The van der Waals surface area contributed by atoms with Gasteiger partial charge in [0.1, 0.15) is 11.7 Å². The number of hydrogen-bond donors (Lipinski definition) is 3. The third-order valence-corrected chi connectivity index (χ3v) is 3.44. The maximum Gasteiger partial charge on any atom is 0.412 e. The van der Waals surface area contributed by atoms with Crippen molar-refractivity contribution < 1.29 is 19.7 Å². The number of rotatable bonds is 5. The van der Waals surface area contributed by atoms with Gasteiger partial charge in [-0.15, -0.1) is 22.9 Å². The maximum absolute atomic E-state index is 11.6. The minimum Gasteiger partial charge on any atom is -0.444 e. The fourth-order valence-corrected chi connectivity index (χ4v) is 2.51. The molecular formula is C13H20ClNO4S. The van der Waals surface area contributed by atoms with Gasteiger partial charge in [0.15, 0.2) is 0 Å². The SMILES string of the molecule is CC(C)(C)OC(=O)Nc1cc(C(O)C(O)CCCl)cs1. The lowest BCUT2D eigenvalue weighted by atomic mass is 10.1. The van der Waals surface area contributed by atoms with E-state index in [2.05, 4.69) is 5.32 Å². The van der Waals surface area contributed by atoms with Crippen LogP contribution in [-0.2, 0) is 4.74 Å². The molecule has 0 aliphatic heterocycles. The van der Waals surface area contributed by atoms with Gasteiger partial charge in [-0.3, -0.25) is 5.32 Å². The van der Waals surface area contributed by atoms with Crippen LogP contribution in [0.25, 0.3) is 0 Å². The number of halogens is 1. The number of amides is 1. The first-order valence-electron chi connectivity index (χ1n) is 6.23. The minimum atomic E-state index is -1.01. The Morgan fingerprint density at radius 2 is 2.15 bits per heavy atom. The number of carbonyl (C=O) groups excluding carboxylic acids is 1. The second-order valence-corrected chi connectivity index (χ2v) is 6.65. The molecule has 0 bridgehead atoms. The highest BCUT2D eigenvalue weighted by Crippen LogP contribution is 2.28. The van der Waals surface area contributed by atoms with Crippen LogP contribution < -0.4 is 5.32 Å². The fourth-order valence-electron chi connectivity index (χ4n) is 1.47. The van der Waals surface area contributed by atoms with Crippen LogP contribution in [-0.4, -0.2) is 33.9 Å². The number of ether oxygens (including phenoxy) is 1. The smallest absolute Gasteiger partial charge is 0.412 e. The number of anilines is 1. The Labute approximate surface area is 127 Å². The van der Waals surface area contributed by atoms with E-state index in [1.165, 1.54) is 11.3 Å². The van der Waals surface area contributed by atoms with Gasteiger partial charge in [0, 0.05) is 5.88 Å². The van der Waals surface area contributed by atoms with Crippen LogP contribution in [0.2, 0.25) is 0 Å². The van der Waals surface area contributed by atoms with Crippen molar-refractivity contribution in [1.29, 1.82) is 0 Å². The van der Waals surface area contributed by atoms with Crippen LogP contribution in [0.4, 0.5) is 9.80 Å². The highest BCUT2D eigenvalue weighted by Gasteiger charge is 2.21. The minimum absolute atomic E-state index is 0.269. The van der Waals surface area contributed by atoms with E-state index in [1.807, 2.05) is 0 Å². The van der Waals surface area contributed by atoms with Crippen molar-refractivity contribution >= 4 is 34.0 Å². The fraction of sp³-hybridized carbons (Fsp3) is 0.615. The van der Waals surface area contributed by atoms with E-state index in [1.54, 1.807) is 32.2 Å². The molecule has 1 amide bonds. The summed E-state index contributed by atoms with van der Waals surface area (Å²) in [6.07, 6.45) is -2.19. The Morgan fingerprint density at radius 3 is 2.70 bits per heavy atom. The van der Waals surface area contributed by atoms with Crippen molar-refractivity contribution in [2.75, 3.05) is 11.2 Å². The number of alkyl halides is 1. The van der Waals surface area contributed by atoms with E-state index in [0.29, 0.717) is 17.0 Å². The largest absolute Gasteiger partial charge is 0.444 e. The molecule has 0 saturated heterocycles. The zero-order valence-electron chi connectivity index (χ0n) is 11.7. The lowest BCUT2D eigenvalue weighted by Crippen LogP contribution is -2.27. The van der Waals surface area contributed by atoms with Crippen LogP contribution in [0.5, 0.6) is 0 Å². The molecule has 7 heteroatoms. The number of carbonyl (C=O) groups is 1. The Kier molecular flexibility index (Phi) is 6.26. The Morgan fingerprint density at radius 1 is 1.50 bits per heavy atom. The predicted octanol–water partition coefficient (Wildman–Crippen LogP) is 3.12.